The number of hydrogen-bond donors (Lipinski definition) is 1. The molecule has 7 heteroatoms. The summed E-state index contributed by atoms with van der Waals surface area (Å²) in [5.41, 5.74) is 5.64. The van der Waals surface area contributed by atoms with E-state index < -0.39 is 0 Å². The number of anilines is 2. The highest BCUT2D eigenvalue weighted by Crippen LogP contribution is 2.40. The van der Waals surface area contributed by atoms with Crippen molar-refractivity contribution >= 4 is 34.4 Å². The van der Waals surface area contributed by atoms with E-state index in [4.69, 9.17) is 14.7 Å². The number of nitrogens with one attached hydrogen (secondary N) is 1. The Balaban J connectivity index is 1.22. The van der Waals surface area contributed by atoms with Gasteiger partial charge in [-0.3, -0.25) is 0 Å². The minimum Gasteiger partial charge on any atom is -0.381 e. The first kappa shape index (κ1) is 24.1. The number of thioether (sulfide) groups is 1. The minimum absolute atomic E-state index is 0.157. The zero-order valence-corrected chi connectivity index (χ0v) is 23.0. The van der Waals surface area contributed by atoms with Gasteiger partial charge in [-0.2, -0.15) is 4.98 Å². The van der Waals surface area contributed by atoms with E-state index in [0.29, 0.717) is 12.0 Å². The normalized spacial score (nSPS) is 19.7. The molecule has 0 amide bonds. The minimum atomic E-state index is 0.157. The zero-order chi connectivity index (χ0) is 24.9. The topological polar surface area (TPSA) is 55.2 Å². The maximum Gasteiger partial charge on any atom is 0.227 e. The van der Waals surface area contributed by atoms with Crippen molar-refractivity contribution in [2.45, 2.75) is 75.1 Å². The highest BCUT2D eigenvalue weighted by molar-refractivity contribution is 7.99. The third kappa shape index (κ3) is 4.60. The van der Waals surface area contributed by atoms with Gasteiger partial charge in [0.2, 0.25) is 5.95 Å². The van der Waals surface area contributed by atoms with Gasteiger partial charge in [-0.15, -0.1) is 11.8 Å². The largest absolute Gasteiger partial charge is 0.381 e. The predicted octanol–water partition coefficient (Wildman–Crippen LogP) is 5.89. The molecule has 0 radical (unpaired) electrons. The molecule has 1 aromatic carbocycles. The number of aryl methyl sites for hydroxylation is 2. The van der Waals surface area contributed by atoms with Gasteiger partial charge in [-0.05, 0) is 60.3 Å². The summed E-state index contributed by atoms with van der Waals surface area (Å²) < 4.78 is 7.86. The molecule has 0 bridgehead atoms. The van der Waals surface area contributed by atoms with E-state index in [1.54, 1.807) is 0 Å². The Morgan fingerprint density at radius 2 is 1.83 bits per heavy atom. The Hall–Kier alpha value is -2.25. The van der Waals surface area contributed by atoms with Crippen LogP contribution in [0.4, 0.5) is 11.8 Å². The molecule has 0 atom stereocenters. The molecule has 3 aliphatic rings. The van der Waals surface area contributed by atoms with Crippen molar-refractivity contribution < 1.29 is 4.74 Å². The summed E-state index contributed by atoms with van der Waals surface area (Å²) in [6.45, 7) is 10.6. The van der Waals surface area contributed by atoms with Crippen LogP contribution in [0, 0.1) is 0 Å². The summed E-state index contributed by atoms with van der Waals surface area (Å²) in [7, 11) is 2.18. The molecule has 3 aromatic rings. The van der Waals surface area contributed by atoms with Gasteiger partial charge in [-0.1, -0.05) is 26.8 Å². The van der Waals surface area contributed by atoms with Crippen molar-refractivity contribution in [2.24, 2.45) is 7.05 Å². The standard InChI is InChI=1S/C29H39N5OS/c1-29(2,3)20-5-6-25-22(17-20)23(18-33(25)4)19-7-12-34(13-8-19)28-31-24-11-16-36-26(24)27(32-28)30-21-9-14-35-15-10-21/h5-6,17-19,21H,7-16H2,1-4H3,(H,30,31,32). The van der Waals surface area contributed by atoms with Crippen LogP contribution in [-0.2, 0) is 23.6 Å². The molecule has 6 nitrogen and oxygen atoms in total. The monoisotopic (exact) mass is 505 g/mol. The van der Waals surface area contributed by atoms with Crippen molar-refractivity contribution in [1.29, 1.82) is 0 Å². The molecule has 2 aromatic heterocycles. The van der Waals surface area contributed by atoms with E-state index in [9.17, 15) is 0 Å². The van der Waals surface area contributed by atoms with E-state index >= 15 is 0 Å². The molecule has 2 fully saturated rings. The first-order valence-electron chi connectivity index (χ1n) is 13.6. The van der Waals surface area contributed by atoms with Crippen LogP contribution < -0.4 is 10.2 Å². The van der Waals surface area contributed by atoms with Crippen LogP contribution in [0.5, 0.6) is 0 Å². The molecule has 5 heterocycles. The average molecular weight is 506 g/mol. The fourth-order valence-electron chi connectivity index (χ4n) is 5.93. The number of fused-ring (bicyclic) bond motifs is 2. The smallest absolute Gasteiger partial charge is 0.227 e. The van der Waals surface area contributed by atoms with E-state index in [2.05, 4.69) is 67.0 Å². The van der Waals surface area contributed by atoms with Crippen LogP contribution >= 0.6 is 11.8 Å². The lowest BCUT2D eigenvalue weighted by Gasteiger charge is -2.33. The lowest BCUT2D eigenvalue weighted by Crippen LogP contribution is -2.35. The lowest BCUT2D eigenvalue weighted by atomic mass is 9.84. The van der Waals surface area contributed by atoms with Crippen molar-refractivity contribution in [3.05, 3.63) is 41.2 Å². The molecule has 3 aliphatic heterocycles. The summed E-state index contributed by atoms with van der Waals surface area (Å²) >= 11 is 1.90. The van der Waals surface area contributed by atoms with E-state index in [1.165, 1.54) is 32.6 Å². The Morgan fingerprint density at radius 1 is 1.06 bits per heavy atom. The fourth-order valence-corrected chi connectivity index (χ4v) is 6.99. The quantitative estimate of drug-likeness (QED) is 0.477. The molecule has 0 unspecified atom stereocenters. The number of nitrogens with zero attached hydrogens (tertiary/aromatic N) is 4. The highest BCUT2D eigenvalue weighted by atomic mass is 32.2. The van der Waals surface area contributed by atoms with Gasteiger partial charge in [0.05, 0.1) is 10.6 Å². The van der Waals surface area contributed by atoms with Gasteiger partial charge in [-0.25, -0.2) is 4.98 Å². The Labute approximate surface area is 219 Å². The number of ether oxygens (including phenoxy) is 1. The van der Waals surface area contributed by atoms with Crippen LogP contribution in [0.2, 0.25) is 0 Å². The second-order valence-electron chi connectivity index (χ2n) is 11.7. The molecule has 1 N–H and O–H groups in total. The van der Waals surface area contributed by atoms with Crippen molar-refractivity contribution in [1.82, 2.24) is 14.5 Å². The Bertz CT molecular complexity index is 1250. The first-order chi connectivity index (χ1) is 17.4. The summed E-state index contributed by atoms with van der Waals surface area (Å²) in [5, 5.41) is 5.18. The maximum absolute atomic E-state index is 5.56. The van der Waals surface area contributed by atoms with Gasteiger partial charge >= 0.3 is 0 Å². The summed E-state index contributed by atoms with van der Waals surface area (Å²) in [6.07, 6.45) is 7.78. The van der Waals surface area contributed by atoms with Crippen molar-refractivity contribution in [3.8, 4) is 0 Å². The van der Waals surface area contributed by atoms with E-state index in [0.717, 1.165) is 75.9 Å². The molecule has 0 spiro atoms. The van der Waals surface area contributed by atoms with Crippen molar-refractivity contribution in [2.75, 3.05) is 42.3 Å². The zero-order valence-electron chi connectivity index (χ0n) is 22.1. The second-order valence-corrected chi connectivity index (χ2v) is 12.8. The Kier molecular flexibility index (Phi) is 6.41. The van der Waals surface area contributed by atoms with Crippen LogP contribution in [0.25, 0.3) is 10.9 Å². The molecule has 2 saturated heterocycles. The molecular weight excluding hydrogens is 466 g/mol. The molecule has 36 heavy (non-hydrogen) atoms. The third-order valence-corrected chi connectivity index (χ3v) is 9.30. The average Bonchev–Trinajstić information content (AvgIpc) is 3.49. The lowest BCUT2D eigenvalue weighted by molar-refractivity contribution is 0.0903. The van der Waals surface area contributed by atoms with Crippen LogP contribution in [0.15, 0.2) is 29.3 Å². The Morgan fingerprint density at radius 3 is 2.58 bits per heavy atom. The summed E-state index contributed by atoms with van der Waals surface area (Å²) in [6, 6.07) is 7.48. The van der Waals surface area contributed by atoms with Gasteiger partial charge in [0, 0.05) is 68.7 Å². The number of piperidine rings is 1. The highest BCUT2D eigenvalue weighted by Gasteiger charge is 2.29. The second kappa shape index (κ2) is 9.56. The van der Waals surface area contributed by atoms with E-state index in [-0.39, 0.29) is 5.41 Å². The number of hydrogen-bond acceptors (Lipinski definition) is 6. The molecule has 6 rings (SSSR count). The van der Waals surface area contributed by atoms with Crippen molar-refractivity contribution in [3.63, 3.8) is 0 Å². The van der Waals surface area contributed by atoms with Crippen LogP contribution in [-0.4, -0.2) is 52.6 Å². The molecule has 0 aliphatic carbocycles. The maximum atomic E-state index is 5.56. The SMILES string of the molecule is Cn1cc(C2CCN(c3nc4c(c(NC5CCOCC5)n3)SCC4)CC2)c2cc(C(C)(C)C)ccc21. The molecule has 192 valence electrons. The first-order valence-corrected chi connectivity index (χ1v) is 14.6. The van der Waals surface area contributed by atoms with Crippen LogP contribution in [0.3, 0.4) is 0 Å². The van der Waals surface area contributed by atoms with Gasteiger partial charge in [0.15, 0.2) is 0 Å². The fraction of sp³-hybridized carbons (Fsp3) is 0.586. The van der Waals surface area contributed by atoms with E-state index in [1.807, 2.05) is 11.8 Å². The number of rotatable bonds is 4. The van der Waals surface area contributed by atoms with Crippen LogP contribution in [0.1, 0.15) is 69.2 Å². The number of benzene rings is 1. The molecule has 0 saturated carbocycles. The third-order valence-electron chi connectivity index (χ3n) is 8.18. The van der Waals surface area contributed by atoms with Gasteiger partial charge < -0.3 is 19.5 Å². The summed E-state index contributed by atoms with van der Waals surface area (Å²) in [5.74, 6) is 3.65. The summed E-state index contributed by atoms with van der Waals surface area (Å²) in [4.78, 5) is 13.8. The number of aromatic nitrogens is 3. The predicted molar refractivity (Wildman–Crippen MR) is 150 cm³/mol. The van der Waals surface area contributed by atoms with Gasteiger partial charge in [0.25, 0.3) is 0 Å². The van der Waals surface area contributed by atoms with Gasteiger partial charge in [0.1, 0.15) is 5.82 Å². The molecular formula is C29H39N5OS.